The van der Waals surface area contributed by atoms with Crippen LogP contribution in [0.2, 0.25) is 0 Å². The zero-order valence-corrected chi connectivity index (χ0v) is 21.3. The third-order valence-electron chi connectivity index (χ3n) is 9.70. The first-order chi connectivity index (χ1) is 17.1. The Morgan fingerprint density at radius 3 is 2.89 bits per heavy atom. The number of carbonyl (C=O) groups excluding carboxylic acids is 2. The lowest BCUT2D eigenvalue weighted by atomic mass is 9.45. The molecule has 2 aromatic heterocycles. The van der Waals surface area contributed by atoms with Crippen LogP contribution in [-0.4, -0.2) is 38.5 Å². The highest BCUT2D eigenvalue weighted by molar-refractivity contribution is 7.14. The number of nitrogens with zero attached hydrogens (tertiary/aromatic N) is 2. The summed E-state index contributed by atoms with van der Waals surface area (Å²) in [5, 5.41) is 16.7. The molecule has 0 spiro atoms. The number of rotatable bonds is 3. The molecule has 8 atom stereocenters. The van der Waals surface area contributed by atoms with Crippen LogP contribution in [0.4, 0.5) is 9.52 Å². The van der Waals surface area contributed by atoms with Crippen LogP contribution < -0.4 is 5.32 Å². The molecule has 1 amide bonds. The average Bonchev–Trinajstić information content (AvgIpc) is 3.56. The molecule has 9 heteroatoms. The van der Waals surface area contributed by atoms with Crippen molar-refractivity contribution in [1.29, 1.82) is 0 Å². The van der Waals surface area contributed by atoms with Gasteiger partial charge in [0.25, 0.3) is 5.91 Å². The Bertz CT molecular complexity index is 1290. The van der Waals surface area contributed by atoms with Gasteiger partial charge in [-0.05, 0) is 62.0 Å². The molecule has 3 fully saturated rings. The molecular weight excluding hydrogens is 481 g/mol. The number of allylic oxidation sites excluding steroid dienone is 4. The van der Waals surface area contributed by atoms with Crippen molar-refractivity contribution in [2.45, 2.75) is 64.1 Å². The Hall–Kier alpha value is -2.65. The maximum Gasteiger partial charge on any atom is 0.294 e. The first-order valence-corrected chi connectivity index (χ1v) is 13.4. The van der Waals surface area contributed by atoms with Crippen LogP contribution >= 0.6 is 11.3 Å². The number of thiazole rings is 1. The van der Waals surface area contributed by atoms with E-state index in [1.54, 1.807) is 12.2 Å². The van der Waals surface area contributed by atoms with Crippen molar-refractivity contribution < 1.29 is 23.5 Å². The SMILES string of the molecule is CC1CC2C3CCC4=CC(=O)C=CC4(C)C3(F)C(O)CC2(C)C1c1csc(NC(=O)c2cnco2)n1. The zero-order valence-electron chi connectivity index (χ0n) is 20.5. The first kappa shape index (κ1) is 23.7. The third kappa shape index (κ3) is 3.11. The largest absolute Gasteiger partial charge is 0.438 e. The summed E-state index contributed by atoms with van der Waals surface area (Å²) in [6.07, 6.45) is 8.56. The summed E-state index contributed by atoms with van der Waals surface area (Å²) >= 11 is 1.35. The second-order valence-corrected chi connectivity index (χ2v) is 12.3. The lowest BCUT2D eigenvalue weighted by Crippen LogP contribution is -2.66. The van der Waals surface area contributed by atoms with Crippen molar-refractivity contribution >= 4 is 28.2 Å². The molecule has 0 aliphatic heterocycles. The Morgan fingerprint density at radius 1 is 1.33 bits per heavy atom. The Morgan fingerprint density at radius 2 is 2.14 bits per heavy atom. The summed E-state index contributed by atoms with van der Waals surface area (Å²) in [5.74, 6) is -0.382. The molecule has 0 aromatic carbocycles. The number of hydrogen-bond acceptors (Lipinski definition) is 7. The number of aromatic nitrogens is 2. The van der Waals surface area contributed by atoms with E-state index in [9.17, 15) is 14.7 Å². The van der Waals surface area contributed by atoms with Crippen LogP contribution in [0.5, 0.6) is 0 Å². The van der Waals surface area contributed by atoms with E-state index in [1.807, 2.05) is 12.3 Å². The number of hydrogen-bond donors (Lipinski definition) is 2. The topological polar surface area (TPSA) is 105 Å². The van der Waals surface area contributed by atoms with E-state index in [-0.39, 0.29) is 40.6 Å². The number of aliphatic hydroxyl groups excluding tert-OH is 1. The van der Waals surface area contributed by atoms with Crippen LogP contribution in [0.3, 0.4) is 0 Å². The van der Waals surface area contributed by atoms with Gasteiger partial charge in [-0.3, -0.25) is 14.9 Å². The molecule has 2 N–H and O–H groups in total. The summed E-state index contributed by atoms with van der Waals surface area (Å²) in [6, 6.07) is 0. The third-order valence-corrected chi connectivity index (χ3v) is 10.5. The van der Waals surface area contributed by atoms with Crippen molar-refractivity contribution in [2.24, 2.45) is 28.6 Å². The van der Waals surface area contributed by atoms with Gasteiger partial charge in [0.05, 0.1) is 18.0 Å². The molecule has 3 saturated carbocycles. The van der Waals surface area contributed by atoms with Gasteiger partial charge in [-0.2, -0.15) is 0 Å². The number of carbonyl (C=O) groups is 2. The van der Waals surface area contributed by atoms with Gasteiger partial charge in [0.1, 0.15) is 0 Å². The summed E-state index contributed by atoms with van der Waals surface area (Å²) in [4.78, 5) is 32.9. The summed E-state index contributed by atoms with van der Waals surface area (Å²) in [7, 11) is 0. The monoisotopic (exact) mass is 511 g/mol. The molecule has 2 heterocycles. The molecule has 0 bridgehead atoms. The van der Waals surface area contributed by atoms with E-state index in [4.69, 9.17) is 9.40 Å². The Kier molecular flexibility index (Phi) is 5.22. The molecule has 190 valence electrons. The molecule has 36 heavy (non-hydrogen) atoms. The van der Waals surface area contributed by atoms with Crippen molar-refractivity contribution in [1.82, 2.24) is 9.97 Å². The lowest BCUT2D eigenvalue weighted by Gasteiger charge is -2.62. The number of fused-ring (bicyclic) bond motifs is 5. The highest BCUT2D eigenvalue weighted by Gasteiger charge is 2.71. The second-order valence-electron chi connectivity index (χ2n) is 11.4. The zero-order chi connectivity index (χ0) is 25.5. The molecule has 2 aromatic rings. The van der Waals surface area contributed by atoms with E-state index < -0.39 is 23.1 Å². The van der Waals surface area contributed by atoms with Gasteiger partial charge in [-0.1, -0.05) is 25.5 Å². The Labute approximate surface area is 212 Å². The van der Waals surface area contributed by atoms with Gasteiger partial charge in [0, 0.05) is 22.6 Å². The molecule has 6 rings (SSSR count). The van der Waals surface area contributed by atoms with E-state index in [1.165, 1.54) is 30.0 Å². The first-order valence-electron chi connectivity index (χ1n) is 12.5. The van der Waals surface area contributed by atoms with Gasteiger partial charge >= 0.3 is 0 Å². The molecule has 4 aliphatic rings. The highest BCUT2D eigenvalue weighted by Crippen LogP contribution is 2.71. The summed E-state index contributed by atoms with van der Waals surface area (Å²) in [5.41, 5.74) is -1.48. The Balaban J connectivity index is 1.32. The van der Waals surface area contributed by atoms with E-state index in [0.717, 1.165) is 17.7 Å². The average molecular weight is 512 g/mol. The standard InChI is InChI=1S/C27H30FN3O4S/c1-14-8-18-17-5-4-15-9-16(32)6-7-26(15,3)27(17,28)21(33)10-25(18,2)22(14)19-12-36-24(30-19)31-23(34)20-11-29-13-35-20/h6-7,9,11-14,17-18,21-22,33H,4-5,8,10H2,1-3H3,(H,30,31,34). The second kappa shape index (κ2) is 7.92. The molecule has 7 nitrogen and oxygen atoms in total. The van der Waals surface area contributed by atoms with E-state index in [2.05, 4.69) is 24.1 Å². The summed E-state index contributed by atoms with van der Waals surface area (Å²) < 4.78 is 22.3. The number of halogens is 1. The minimum absolute atomic E-state index is 0.0297. The van der Waals surface area contributed by atoms with Gasteiger partial charge in [-0.25, -0.2) is 14.4 Å². The van der Waals surface area contributed by atoms with Crippen molar-refractivity contribution in [2.75, 3.05) is 5.32 Å². The normalized spacial score (nSPS) is 41.3. The molecule has 0 saturated heterocycles. The molecule has 0 radical (unpaired) electrons. The van der Waals surface area contributed by atoms with E-state index in [0.29, 0.717) is 24.4 Å². The number of amides is 1. The minimum atomic E-state index is -1.83. The fourth-order valence-electron chi connectivity index (χ4n) is 8.18. The quantitative estimate of drug-likeness (QED) is 0.595. The molecule has 8 unspecified atom stereocenters. The van der Waals surface area contributed by atoms with E-state index >= 15 is 4.39 Å². The van der Waals surface area contributed by atoms with Crippen molar-refractivity contribution in [3.63, 3.8) is 0 Å². The van der Waals surface area contributed by atoms with Gasteiger partial charge < -0.3 is 9.52 Å². The minimum Gasteiger partial charge on any atom is -0.438 e. The predicted octanol–water partition coefficient (Wildman–Crippen LogP) is 5.08. The molecular formula is C27H30FN3O4S. The maximum absolute atomic E-state index is 17.3. The van der Waals surface area contributed by atoms with Crippen LogP contribution in [0.15, 0.2) is 46.2 Å². The number of aliphatic hydroxyl groups is 1. The van der Waals surface area contributed by atoms with Gasteiger partial charge in [-0.15, -0.1) is 11.3 Å². The van der Waals surface area contributed by atoms with Crippen molar-refractivity contribution in [3.8, 4) is 0 Å². The number of anilines is 1. The highest BCUT2D eigenvalue weighted by atomic mass is 32.1. The van der Waals surface area contributed by atoms with Gasteiger partial charge in [0.2, 0.25) is 5.76 Å². The van der Waals surface area contributed by atoms with Crippen molar-refractivity contribution in [3.05, 3.63) is 53.2 Å². The fraction of sp³-hybridized carbons (Fsp3) is 0.556. The number of ketones is 1. The molecule has 4 aliphatic carbocycles. The number of alkyl halides is 1. The number of oxazole rings is 1. The van der Waals surface area contributed by atoms with Crippen LogP contribution in [0, 0.1) is 28.6 Å². The fourth-order valence-corrected chi connectivity index (χ4v) is 8.92. The maximum atomic E-state index is 17.3. The van der Waals surface area contributed by atoms with Gasteiger partial charge in [0.15, 0.2) is 23.0 Å². The smallest absolute Gasteiger partial charge is 0.294 e. The lowest BCUT2D eigenvalue weighted by molar-refractivity contribution is -0.191. The number of nitrogens with one attached hydrogen (secondary N) is 1. The van der Waals surface area contributed by atoms with Crippen LogP contribution in [-0.2, 0) is 4.79 Å². The van der Waals surface area contributed by atoms with Crippen LogP contribution in [0.1, 0.15) is 68.6 Å². The predicted molar refractivity (Wildman–Crippen MR) is 132 cm³/mol. The van der Waals surface area contributed by atoms with Crippen LogP contribution in [0.25, 0.3) is 0 Å². The summed E-state index contributed by atoms with van der Waals surface area (Å²) in [6.45, 7) is 6.20.